The van der Waals surface area contributed by atoms with E-state index in [9.17, 15) is 4.79 Å². The topological polar surface area (TPSA) is 32.3 Å². The monoisotopic (exact) mass is 278 g/mol. The molecule has 0 radical (unpaired) electrons. The molecule has 0 aliphatic carbocycles. The highest BCUT2D eigenvalue weighted by atomic mass is 32.2. The summed E-state index contributed by atoms with van der Waals surface area (Å²) in [6.45, 7) is 4.92. The van der Waals surface area contributed by atoms with Gasteiger partial charge in [-0.3, -0.25) is 9.69 Å². The Kier molecular flexibility index (Phi) is 5.73. The number of hydrogen-bond acceptors (Lipinski definition) is 3. The molecule has 0 saturated carbocycles. The van der Waals surface area contributed by atoms with Crippen LogP contribution in [0.2, 0.25) is 0 Å². The minimum Gasteiger partial charge on any atom is -0.355 e. The van der Waals surface area contributed by atoms with Crippen molar-refractivity contribution in [1.82, 2.24) is 10.2 Å². The summed E-state index contributed by atoms with van der Waals surface area (Å²) in [5.41, 5.74) is 0. The van der Waals surface area contributed by atoms with Crippen molar-refractivity contribution in [3.8, 4) is 0 Å². The molecule has 0 aromatic heterocycles. The zero-order valence-corrected chi connectivity index (χ0v) is 12.3. The quantitative estimate of drug-likeness (QED) is 0.839. The van der Waals surface area contributed by atoms with Crippen molar-refractivity contribution in [2.75, 3.05) is 25.4 Å². The number of thioether (sulfide) groups is 1. The Morgan fingerprint density at radius 2 is 2.11 bits per heavy atom. The summed E-state index contributed by atoms with van der Waals surface area (Å²) < 4.78 is 0. The molecule has 1 aromatic carbocycles. The SMILES string of the molecule is C[C@@H](CCSc1ccccc1)N1CCNC(=O)CC1. The van der Waals surface area contributed by atoms with E-state index in [1.807, 2.05) is 17.8 Å². The number of rotatable bonds is 5. The van der Waals surface area contributed by atoms with Gasteiger partial charge < -0.3 is 5.32 Å². The largest absolute Gasteiger partial charge is 0.355 e. The lowest BCUT2D eigenvalue weighted by Gasteiger charge is -2.26. The molecule has 1 aromatic rings. The van der Waals surface area contributed by atoms with Gasteiger partial charge in [0.05, 0.1) is 0 Å². The highest BCUT2D eigenvalue weighted by Crippen LogP contribution is 2.19. The highest BCUT2D eigenvalue weighted by molar-refractivity contribution is 7.99. The first-order chi connectivity index (χ1) is 9.25. The van der Waals surface area contributed by atoms with Gasteiger partial charge >= 0.3 is 0 Å². The molecule has 1 heterocycles. The van der Waals surface area contributed by atoms with Gasteiger partial charge in [0, 0.05) is 37.0 Å². The summed E-state index contributed by atoms with van der Waals surface area (Å²) >= 11 is 1.91. The fourth-order valence-corrected chi connectivity index (χ4v) is 3.32. The maximum atomic E-state index is 11.3. The van der Waals surface area contributed by atoms with Gasteiger partial charge in [-0.05, 0) is 31.2 Å². The molecule has 1 aliphatic rings. The van der Waals surface area contributed by atoms with Crippen molar-refractivity contribution < 1.29 is 4.79 Å². The number of carbonyl (C=O) groups excluding carboxylic acids is 1. The van der Waals surface area contributed by atoms with E-state index in [1.165, 1.54) is 4.90 Å². The smallest absolute Gasteiger partial charge is 0.221 e. The number of hydrogen-bond donors (Lipinski definition) is 1. The number of nitrogens with one attached hydrogen (secondary N) is 1. The van der Waals surface area contributed by atoms with Crippen LogP contribution in [0.1, 0.15) is 19.8 Å². The second-order valence-electron chi connectivity index (χ2n) is 4.94. The van der Waals surface area contributed by atoms with Gasteiger partial charge in [0.15, 0.2) is 0 Å². The van der Waals surface area contributed by atoms with E-state index in [0.717, 1.165) is 31.8 Å². The molecule has 2 rings (SSSR count). The van der Waals surface area contributed by atoms with Gasteiger partial charge in [0.1, 0.15) is 0 Å². The van der Waals surface area contributed by atoms with E-state index in [-0.39, 0.29) is 5.91 Å². The van der Waals surface area contributed by atoms with Crippen molar-refractivity contribution in [3.63, 3.8) is 0 Å². The summed E-state index contributed by atoms with van der Waals surface area (Å²) in [7, 11) is 0. The maximum absolute atomic E-state index is 11.3. The molecule has 4 heteroatoms. The second kappa shape index (κ2) is 7.56. The van der Waals surface area contributed by atoms with E-state index >= 15 is 0 Å². The molecular formula is C15H22N2OS. The summed E-state index contributed by atoms with van der Waals surface area (Å²) in [6.07, 6.45) is 1.80. The van der Waals surface area contributed by atoms with Crippen LogP contribution in [-0.4, -0.2) is 42.2 Å². The summed E-state index contributed by atoms with van der Waals surface area (Å²) in [5.74, 6) is 1.32. The maximum Gasteiger partial charge on any atom is 0.221 e. The lowest BCUT2D eigenvalue weighted by molar-refractivity contribution is -0.120. The average molecular weight is 278 g/mol. The standard InChI is InChI=1S/C15H22N2OS/c1-13(17-10-7-15(18)16-9-11-17)8-12-19-14-5-3-2-4-6-14/h2-6,13H,7-12H2,1H3,(H,16,18)/t13-/m0/s1. The van der Waals surface area contributed by atoms with Crippen LogP contribution in [0.25, 0.3) is 0 Å². The predicted molar refractivity (Wildman–Crippen MR) is 80.4 cm³/mol. The van der Waals surface area contributed by atoms with Crippen LogP contribution in [0.3, 0.4) is 0 Å². The Morgan fingerprint density at radius 1 is 1.32 bits per heavy atom. The third kappa shape index (κ3) is 4.88. The molecule has 1 amide bonds. The zero-order chi connectivity index (χ0) is 13.5. The number of carbonyl (C=O) groups is 1. The summed E-state index contributed by atoms with van der Waals surface area (Å²) in [4.78, 5) is 15.1. The van der Waals surface area contributed by atoms with Gasteiger partial charge in [0.2, 0.25) is 5.91 Å². The van der Waals surface area contributed by atoms with Crippen LogP contribution in [0.15, 0.2) is 35.2 Å². The number of benzene rings is 1. The first-order valence-corrected chi connectivity index (χ1v) is 7.93. The Hall–Kier alpha value is -1.00. The Balaban J connectivity index is 1.71. The Bertz CT molecular complexity index is 396. The lowest BCUT2D eigenvalue weighted by Crippen LogP contribution is -2.36. The average Bonchev–Trinajstić information content (AvgIpc) is 2.65. The molecular weight excluding hydrogens is 256 g/mol. The van der Waals surface area contributed by atoms with Crippen LogP contribution < -0.4 is 5.32 Å². The molecule has 0 unspecified atom stereocenters. The molecule has 104 valence electrons. The van der Waals surface area contributed by atoms with Crippen LogP contribution in [0, 0.1) is 0 Å². The molecule has 1 aliphatic heterocycles. The van der Waals surface area contributed by atoms with Crippen molar-refractivity contribution in [2.24, 2.45) is 0 Å². The summed E-state index contributed by atoms with van der Waals surface area (Å²) in [5, 5.41) is 2.93. The van der Waals surface area contributed by atoms with Crippen molar-refractivity contribution in [1.29, 1.82) is 0 Å². The molecule has 0 spiro atoms. The third-order valence-corrected chi connectivity index (χ3v) is 4.56. The fraction of sp³-hybridized carbons (Fsp3) is 0.533. The molecule has 1 saturated heterocycles. The van der Waals surface area contributed by atoms with Gasteiger partial charge in [-0.25, -0.2) is 0 Å². The zero-order valence-electron chi connectivity index (χ0n) is 11.5. The highest BCUT2D eigenvalue weighted by Gasteiger charge is 2.17. The molecule has 19 heavy (non-hydrogen) atoms. The Morgan fingerprint density at radius 3 is 2.89 bits per heavy atom. The first kappa shape index (κ1) is 14.4. The molecule has 1 N–H and O–H groups in total. The first-order valence-electron chi connectivity index (χ1n) is 6.94. The van der Waals surface area contributed by atoms with Gasteiger partial charge in [-0.1, -0.05) is 18.2 Å². The number of nitrogens with zero attached hydrogens (tertiary/aromatic N) is 1. The van der Waals surface area contributed by atoms with E-state index in [2.05, 4.69) is 41.4 Å². The van der Waals surface area contributed by atoms with Crippen molar-refractivity contribution in [3.05, 3.63) is 30.3 Å². The molecule has 3 nitrogen and oxygen atoms in total. The van der Waals surface area contributed by atoms with E-state index in [0.29, 0.717) is 12.5 Å². The molecule has 1 fully saturated rings. The predicted octanol–water partition coefficient (Wildman–Crippen LogP) is 2.38. The second-order valence-corrected chi connectivity index (χ2v) is 6.10. The van der Waals surface area contributed by atoms with Crippen molar-refractivity contribution >= 4 is 17.7 Å². The van der Waals surface area contributed by atoms with Crippen LogP contribution in [-0.2, 0) is 4.79 Å². The molecule has 0 bridgehead atoms. The van der Waals surface area contributed by atoms with Crippen LogP contribution >= 0.6 is 11.8 Å². The number of amides is 1. The fourth-order valence-electron chi connectivity index (χ4n) is 2.27. The minimum absolute atomic E-state index is 0.188. The van der Waals surface area contributed by atoms with Gasteiger partial charge in [0.25, 0.3) is 0 Å². The van der Waals surface area contributed by atoms with Gasteiger partial charge in [-0.15, -0.1) is 11.8 Å². The van der Waals surface area contributed by atoms with E-state index in [1.54, 1.807) is 0 Å². The summed E-state index contributed by atoms with van der Waals surface area (Å²) in [6, 6.07) is 11.1. The molecule has 1 atom stereocenters. The van der Waals surface area contributed by atoms with E-state index in [4.69, 9.17) is 0 Å². The Labute approximate surface area is 119 Å². The lowest BCUT2D eigenvalue weighted by atomic mass is 10.2. The minimum atomic E-state index is 0.188. The van der Waals surface area contributed by atoms with Crippen LogP contribution in [0.4, 0.5) is 0 Å². The third-order valence-electron chi connectivity index (χ3n) is 3.52. The van der Waals surface area contributed by atoms with E-state index < -0.39 is 0 Å². The van der Waals surface area contributed by atoms with Gasteiger partial charge in [-0.2, -0.15) is 0 Å². The van der Waals surface area contributed by atoms with Crippen molar-refractivity contribution in [2.45, 2.75) is 30.7 Å². The normalized spacial score (nSPS) is 18.7. The van der Waals surface area contributed by atoms with Crippen LogP contribution in [0.5, 0.6) is 0 Å².